The highest BCUT2D eigenvalue weighted by molar-refractivity contribution is 5.99. The summed E-state index contributed by atoms with van der Waals surface area (Å²) in [5.74, 6) is -0.234. The third-order valence-electron chi connectivity index (χ3n) is 7.85. The summed E-state index contributed by atoms with van der Waals surface area (Å²) in [7, 11) is 1.58. The Hall–Kier alpha value is -5.03. The van der Waals surface area contributed by atoms with Crippen LogP contribution in [-0.2, 0) is 11.3 Å². The molecule has 0 unspecified atom stereocenters. The zero-order valence-electron chi connectivity index (χ0n) is 24.3. The highest BCUT2D eigenvalue weighted by Crippen LogP contribution is 2.30. The second-order valence-electron chi connectivity index (χ2n) is 11.0. The lowest BCUT2D eigenvalue weighted by atomic mass is 9.99. The van der Waals surface area contributed by atoms with E-state index in [1.807, 2.05) is 48.5 Å². The number of benzene rings is 3. The van der Waals surface area contributed by atoms with Gasteiger partial charge in [-0.1, -0.05) is 59.8 Å². The van der Waals surface area contributed by atoms with Gasteiger partial charge in [-0.2, -0.15) is 0 Å². The lowest BCUT2D eigenvalue weighted by Crippen LogP contribution is -2.37. The quantitative estimate of drug-likeness (QED) is 0.249. The number of aromatic amines is 1. The molecule has 0 aliphatic carbocycles. The van der Waals surface area contributed by atoms with E-state index in [9.17, 15) is 14.7 Å². The molecule has 0 radical (unpaired) electrons. The molecule has 2 aromatic heterocycles. The topological polar surface area (TPSA) is 117 Å². The molecule has 1 aliphatic heterocycles. The first kappa shape index (κ1) is 29.1. The number of aryl methyl sites for hydroxylation is 1. The molecule has 5 aromatic rings. The summed E-state index contributed by atoms with van der Waals surface area (Å²) in [6, 6.07) is 18.6. The minimum atomic E-state index is -0.934. The number of halogens is 1. The van der Waals surface area contributed by atoms with Crippen molar-refractivity contribution in [3.05, 3.63) is 96.2 Å². The van der Waals surface area contributed by atoms with Crippen LogP contribution in [0.4, 0.5) is 4.39 Å². The van der Waals surface area contributed by atoms with E-state index in [2.05, 4.69) is 15.3 Å². The molecule has 0 bridgehead atoms. The van der Waals surface area contributed by atoms with Gasteiger partial charge >= 0.3 is 0 Å². The summed E-state index contributed by atoms with van der Waals surface area (Å²) in [5, 5.41) is 20.8. The summed E-state index contributed by atoms with van der Waals surface area (Å²) in [6.07, 6.45) is 5.18. The number of rotatable bonds is 10. The molecular weight excluding hydrogens is 563 g/mol. The molecule has 2 N–H and O–H groups in total. The fraction of sp³-hybridized carbons (Fsp3) is 0.273. The molecule has 0 fully saturated rings. The van der Waals surface area contributed by atoms with Crippen LogP contribution < -0.4 is 4.74 Å². The van der Waals surface area contributed by atoms with Crippen LogP contribution in [0.2, 0.25) is 0 Å². The molecule has 0 saturated carbocycles. The van der Waals surface area contributed by atoms with Gasteiger partial charge < -0.3 is 24.6 Å². The van der Waals surface area contributed by atoms with Gasteiger partial charge in [-0.25, -0.2) is 4.39 Å². The fourth-order valence-electron chi connectivity index (χ4n) is 5.56. The highest BCUT2D eigenvalue weighted by atomic mass is 19.1. The second kappa shape index (κ2) is 12.7. The molecule has 0 saturated heterocycles. The molecule has 0 spiro atoms. The Kier molecular flexibility index (Phi) is 8.38. The number of aliphatic hydroxyl groups is 1. The molecule has 44 heavy (non-hydrogen) atoms. The van der Waals surface area contributed by atoms with Crippen LogP contribution in [0.5, 0.6) is 5.75 Å². The number of aromatic nitrogens is 4. The van der Waals surface area contributed by atoms with E-state index in [4.69, 9.17) is 4.74 Å². The fourth-order valence-corrected chi connectivity index (χ4v) is 5.56. The Morgan fingerprint density at radius 2 is 1.98 bits per heavy atom. The van der Waals surface area contributed by atoms with Crippen LogP contribution in [0.3, 0.4) is 0 Å². The van der Waals surface area contributed by atoms with Crippen molar-refractivity contribution in [2.24, 2.45) is 0 Å². The highest BCUT2D eigenvalue weighted by Gasteiger charge is 2.24. The van der Waals surface area contributed by atoms with Crippen molar-refractivity contribution in [1.29, 1.82) is 0 Å². The van der Waals surface area contributed by atoms with Gasteiger partial charge in [0.1, 0.15) is 24.2 Å². The van der Waals surface area contributed by atoms with E-state index in [0.29, 0.717) is 42.8 Å². The van der Waals surface area contributed by atoms with E-state index < -0.39 is 11.9 Å². The standard InChI is InChI=1S/C33H33FN6O4/c1-38(20-25(41)21-44-29-10-4-7-22-6-2-3-9-26(22)29)33(43)28-18-23-11-12-27(31(34)32(23)36-28)24-8-5-15-39(19-24)30(42)13-16-40-17-14-35-37-40/h2-4,6-12,14,17-18,25,36,41H,5,13,15-16,19-21H2,1H3/t25-/m0/s1. The number of hydrogen-bond acceptors (Lipinski definition) is 6. The minimum absolute atomic E-state index is 0.00536. The zero-order chi connectivity index (χ0) is 30.6. The number of likely N-dealkylation sites (N-methyl/N-ethyl adjacent to an activating group) is 1. The first-order chi connectivity index (χ1) is 21.4. The number of hydrogen-bond donors (Lipinski definition) is 2. The van der Waals surface area contributed by atoms with Gasteiger partial charge in [-0.3, -0.25) is 14.3 Å². The molecule has 226 valence electrons. The van der Waals surface area contributed by atoms with Crippen molar-refractivity contribution in [2.75, 3.05) is 33.3 Å². The number of amides is 2. The van der Waals surface area contributed by atoms with Crippen LogP contribution in [0.25, 0.3) is 27.2 Å². The van der Waals surface area contributed by atoms with E-state index in [1.165, 1.54) is 4.90 Å². The van der Waals surface area contributed by atoms with Crippen molar-refractivity contribution in [3.63, 3.8) is 0 Å². The van der Waals surface area contributed by atoms with Crippen molar-refractivity contribution in [2.45, 2.75) is 25.5 Å². The van der Waals surface area contributed by atoms with Crippen molar-refractivity contribution in [3.8, 4) is 5.75 Å². The number of nitrogens with one attached hydrogen (secondary N) is 1. The van der Waals surface area contributed by atoms with E-state index >= 15 is 4.39 Å². The molecule has 6 rings (SSSR count). The normalized spacial score (nSPS) is 14.1. The summed E-state index contributed by atoms with van der Waals surface area (Å²) in [4.78, 5) is 32.1. The van der Waals surface area contributed by atoms with Crippen LogP contribution in [0, 0.1) is 5.82 Å². The number of H-pyrrole nitrogens is 1. The maximum absolute atomic E-state index is 15.8. The molecule has 3 aromatic carbocycles. The molecule has 1 atom stereocenters. The van der Waals surface area contributed by atoms with Gasteiger partial charge in [0.2, 0.25) is 5.91 Å². The van der Waals surface area contributed by atoms with Crippen molar-refractivity contribution < 1.29 is 23.8 Å². The number of carbonyl (C=O) groups is 2. The second-order valence-corrected chi connectivity index (χ2v) is 11.0. The first-order valence-electron chi connectivity index (χ1n) is 14.5. The Bertz CT molecular complexity index is 1830. The Labute approximate surface area is 253 Å². The van der Waals surface area contributed by atoms with E-state index in [0.717, 1.165) is 16.3 Å². The van der Waals surface area contributed by atoms with Crippen molar-refractivity contribution >= 4 is 39.1 Å². The Morgan fingerprint density at radius 1 is 1.14 bits per heavy atom. The first-order valence-corrected chi connectivity index (χ1v) is 14.5. The number of ether oxygens (including phenoxy) is 1. The molecule has 1 aliphatic rings. The molecule has 10 nitrogen and oxygen atoms in total. The average molecular weight is 597 g/mol. The number of nitrogens with zero attached hydrogens (tertiary/aromatic N) is 5. The van der Waals surface area contributed by atoms with E-state index in [-0.39, 0.29) is 42.6 Å². The predicted octanol–water partition coefficient (Wildman–Crippen LogP) is 4.27. The predicted molar refractivity (Wildman–Crippen MR) is 164 cm³/mol. The summed E-state index contributed by atoms with van der Waals surface area (Å²) < 4.78 is 23.3. The average Bonchev–Trinajstić information content (AvgIpc) is 3.73. The zero-order valence-corrected chi connectivity index (χ0v) is 24.3. The van der Waals surface area contributed by atoms with Gasteiger partial charge in [-0.15, -0.1) is 5.10 Å². The summed E-state index contributed by atoms with van der Waals surface area (Å²) in [5.41, 5.74) is 1.54. The molecular formula is C33H33FN6O4. The van der Waals surface area contributed by atoms with Gasteiger partial charge in [0.05, 0.1) is 18.3 Å². The number of carbonyl (C=O) groups excluding carboxylic acids is 2. The minimum Gasteiger partial charge on any atom is -0.490 e. The van der Waals surface area contributed by atoms with Gasteiger partial charge in [0, 0.05) is 55.6 Å². The molecule has 11 heteroatoms. The smallest absolute Gasteiger partial charge is 0.270 e. The monoisotopic (exact) mass is 596 g/mol. The number of aliphatic hydroxyl groups excluding tert-OH is 1. The van der Waals surface area contributed by atoms with E-state index in [1.54, 1.807) is 47.2 Å². The largest absolute Gasteiger partial charge is 0.490 e. The molecule has 3 heterocycles. The lowest BCUT2D eigenvalue weighted by Gasteiger charge is -2.28. The SMILES string of the molecule is CN(C[C@H](O)COc1cccc2ccccc12)C(=O)c1cc2ccc(C3=CCCN(C(=O)CCn4ccnn4)C3)c(F)c2[nH]1. The van der Waals surface area contributed by atoms with Crippen LogP contribution in [0.15, 0.2) is 79.1 Å². The van der Waals surface area contributed by atoms with Crippen LogP contribution in [0.1, 0.15) is 28.9 Å². The van der Waals surface area contributed by atoms with Gasteiger partial charge in [0.25, 0.3) is 5.91 Å². The van der Waals surface area contributed by atoms with Crippen LogP contribution >= 0.6 is 0 Å². The van der Waals surface area contributed by atoms with Crippen LogP contribution in [-0.4, -0.2) is 86.1 Å². The summed E-state index contributed by atoms with van der Waals surface area (Å²) in [6.45, 7) is 1.32. The number of fused-ring (bicyclic) bond motifs is 2. The lowest BCUT2D eigenvalue weighted by molar-refractivity contribution is -0.131. The van der Waals surface area contributed by atoms with Crippen molar-refractivity contribution in [1.82, 2.24) is 29.8 Å². The summed E-state index contributed by atoms with van der Waals surface area (Å²) >= 11 is 0. The Balaban J connectivity index is 1.09. The van der Waals surface area contributed by atoms with Gasteiger partial charge in [0.15, 0.2) is 5.82 Å². The third-order valence-corrected chi connectivity index (χ3v) is 7.85. The maximum atomic E-state index is 15.8. The third kappa shape index (κ3) is 6.18. The Morgan fingerprint density at radius 3 is 2.82 bits per heavy atom. The molecule has 2 amide bonds. The van der Waals surface area contributed by atoms with Gasteiger partial charge in [-0.05, 0) is 29.5 Å². The maximum Gasteiger partial charge on any atom is 0.270 e.